The van der Waals surface area contributed by atoms with Crippen LogP contribution >= 0.6 is 0 Å². The van der Waals surface area contributed by atoms with Crippen molar-refractivity contribution in [3.8, 4) is 0 Å². The molecule has 0 radical (unpaired) electrons. The highest BCUT2D eigenvalue weighted by atomic mass is 16.8. The van der Waals surface area contributed by atoms with Gasteiger partial charge in [-0.1, -0.05) is 96.9 Å². The Bertz CT molecular complexity index is 1600. The van der Waals surface area contributed by atoms with Crippen molar-refractivity contribution < 1.29 is 33.2 Å². The van der Waals surface area contributed by atoms with Gasteiger partial charge in [0.25, 0.3) is 0 Å². The SMILES string of the molecule is CCC1O[C@@H](OC2[C@H](O[C@H]3CCC4(C)C5CCC6C7CC(C)(C)CC[C@]7(C(C)=O)CC[C@@]6(C)[C@@]5(C)CC[C@H]4C3C)OC(C)[C@H](C)[C@@H]2O[C@@H]2OC[C@H](C)[C@H](C)C2C)C(C)[C@@H](C)[C@H]1C. The molecule has 24 atom stereocenters. The predicted molar refractivity (Wildman–Crippen MR) is 247 cm³/mol. The summed E-state index contributed by atoms with van der Waals surface area (Å²) in [5, 5.41) is 0. The Labute approximate surface area is 379 Å². The van der Waals surface area contributed by atoms with E-state index in [1.54, 1.807) is 0 Å². The Balaban J connectivity index is 1.04. The number of carbonyl (C=O) groups is 1. The van der Waals surface area contributed by atoms with Crippen LogP contribution in [-0.2, 0) is 33.2 Å². The van der Waals surface area contributed by atoms with Crippen LogP contribution in [0.3, 0.4) is 0 Å². The number of Topliss-reactive ketones (excluding diaryl/α,β-unsaturated/α-hetero) is 1. The molecule has 0 bridgehead atoms. The summed E-state index contributed by atoms with van der Waals surface area (Å²) in [6.07, 6.45) is 12.4. The van der Waals surface area contributed by atoms with Crippen molar-refractivity contribution in [1.82, 2.24) is 0 Å². The minimum Gasteiger partial charge on any atom is -0.352 e. The van der Waals surface area contributed by atoms with Crippen molar-refractivity contribution in [2.24, 2.45) is 98.1 Å². The van der Waals surface area contributed by atoms with Gasteiger partial charge in [0.2, 0.25) is 0 Å². The minimum atomic E-state index is -0.560. The molecular formula is C55H94O7. The normalized spacial score (nSPS) is 56.5. The Morgan fingerprint density at radius 2 is 1.26 bits per heavy atom. The van der Waals surface area contributed by atoms with E-state index in [9.17, 15) is 4.79 Å². The molecule has 5 aliphatic carbocycles. The second kappa shape index (κ2) is 17.2. The predicted octanol–water partition coefficient (Wildman–Crippen LogP) is 12.9. The first-order chi connectivity index (χ1) is 29.0. The number of ether oxygens (including phenoxy) is 6. The number of ketones is 1. The van der Waals surface area contributed by atoms with Gasteiger partial charge in [-0.25, -0.2) is 0 Å². The molecule has 5 saturated carbocycles. The third-order valence-electron chi connectivity index (χ3n) is 22.6. The van der Waals surface area contributed by atoms with Crippen LogP contribution in [-0.4, -0.2) is 61.8 Å². The second-order valence-corrected chi connectivity index (χ2v) is 25.7. The van der Waals surface area contributed by atoms with Crippen LogP contribution in [0.5, 0.6) is 0 Å². The van der Waals surface area contributed by atoms with E-state index >= 15 is 0 Å². The van der Waals surface area contributed by atoms with Gasteiger partial charge in [0.1, 0.15) is 11.9 Å². The van der Waals surface area contributed by atoms with Gasteiger partial charge < -0.3 is 28.4 Å². The van der Waals surface area contributed by atoms with Crippen molar-refractivity contribution in [3.05, 3.63) is 0 Å². The zero-order chi connectivity index (χ0) is 45.1. The van der Waals surface area contributed by atoms with Gasteiger partial charge in [-0.15, -0.1) is 0 Å². The molecule has 3 heterocycles. The molecule has 8 fully saturated rings. The van der Waals surface area contributed by atoms with E-state index in [4.69, 9.17) is 28.4 Å². The monoisotopic (exact) mass is 867 g/mol. The molecule has 62 heavy (non-hydrogen) atoms. The summed E-state index contributed by atoms with van der Waals surface area (Å²) < 4.78 is 42.3. The van der Waals surface area contributed by atoms with Crippen LogP contribution in [0.1, 0.15) is 188 Å². The molecule has 0 aromatic carbocycles. The van der Waals surface area contributed by atoms with E-state index in [1.165, 1.54) is 51.4 Å². The van der Waals surface area contributed by atoms with Gasteiger partial charge in [-0.2, -0.15) is 0 Å². The summed E-state index contributed by atoms with van der Waals surface area (Å²) in [6, 6.07) is 0. The molecule has 3 aliphatic heterocycles. The highest BCUT2D eigenvalue weighted by Crippen LogP contribution is 2.76. The molecule has 0 spiro atoms. The van der Waals surface area contributed by atoms with Crippen molar-refractivity contribution in [2.45, 2.75) is 237 Å². The first kappa shape index (κ1) is 47.9. The van der Waals surface area contributed by atoms with Crippen LogP contribution in [0.25, 0.3) is 0 Å². The highest BCUT2D eigenvalue weighted by molar-refractivity contribution is 5.83. The van der Waals surface area contributed by atoms with Crippen LogP contribution in [0.15, 0.2) is 0 Å². The standard InChI is InChI=1S/C55H94O7/c1-17-43-33(5)32(4)35(7)49(59-43)62-47-46(61-48-34(6)31(3)30(2)29-57-48)36(8)38(10)58-50(47)60-44-21-22-52(14)40(37(44)9)20-23-54(16)45(52)19-18-41-42-28-51(12,13)24-26-55(42,39(11)56)27-25-53(41,54)15/h30-38,40-50H,17-29H2,1-16H3/t30-,31-,32-,33+,34?,35?,36-,37?,38?,40-,41?,42?,43?,44-,45?,46-,47?,48-,49-,50-,52?,53+,54-,55+/m0/s1. The zero-order valence-electron chi connectivity index (χ0n) is 42.6. The minimum absolute atomic E-state index is 0.0606. The average molecular weight is 867 g/mol. The van der Waals surface area contributed by atoms with E-state index in [0.29, 0.717) is 71.1 Å². The molecule has 7 heteroatoms. The fourth-order valence-corrected chi connectivity index (χ4v) is 17.1. The number of carbonyl (C=O) groups excluding carboxylic acids is 1. The molecule has 0 aromatic rings. The highest BCUT2D eigenvalue weighted by Gasteiger charge is 2.70. The molecule has 356 valence electrons. The summed E-state index contributed by atoms with van der Waals surface area (Å²) >= 11 is 0. The van der Waals surface area contributed by atoms with Crippen molar-refractivity contribution in [3.63, 3.8) is 0 Å². The summed E-state index contributed by atoms with van der Waals surface area (Å²) in [5.74, 6) is 5.84. The van der Waals surface area contributed by atoms with Gasteiger partial charge in [0, 0.05) is 23.2 Å². The Kier molecular flexibility index (Phi) is 13.3. The molecule has 8 aliphatic rings. The largest absolute Gasteiger partial charge is 0.352 e. The Hall–Kier alpha value is -0.570. The van der Waals surface area contributed by atoms with Crippen LogP contribution < -0.4 is 0 Å². The van der Waals surface area contributed by atoms with E-state index < -0.39 is 12.4 Å². The van der Waals surface area contributed by atoms with Crippen molar-refractivity contribution in [1.29, 1.82) is 0 Å². The number of hydrogen-bond donors (Lipinski definition) is 0. The first-order valence-corrected chi connectivity index (χ1v) is 26.4. The Morgan fingerprint density at radius 3 is 1.95 bits per heavy atom. The van der Waals surface area contributed by atoms with Gasteiger partial charge in [0.05, 0.1) is 31.0 Å². The average Bonchev–Trinajstić information content (AvgIpc) is 3.21. The number of fused-ring (bicyclic) bond motifs is 7. The summed E-state index contributed by atoms with van der Waals surface area (Å²) in [6.45, 7) is 38.9. The molecule has 0 aromatic heterocycles. The zero-order valence-corrected chi connectivity index (χ0v) is 42.6. The maximum atomic E-state index is 13.7. The lowest BCUT2D eigenvalue weighted by atomic mass is 9.32. The molecule has 0 amide bonds. The van der Waals surface area contributed by atoms with Gasteiger partial charge in [-0.05, 0) is 166 Å². The smallest absolute Gasteiger partial charge is 0.187 e. The van der Waals surface area contributed by atoms with Gasteiger partial charge >= 0.3 is 0 Å². The second-order valence-electron chi connectivity index (χ2n) is 25.7. The van der Waals surface area contributed by atoms with Gasteiger partial charge in [-0.3, -0.25) is 4.79 Å². The van der Waals surface area contributed by atoms with E-state index in [1.807, 2.05) is 6.92 Å². The molecule has 0 N–H and O–H groups in total. The van der Waals surface area contributed by atoms with E-state index in [0.717, 1.165) is 25.7 Å². The third-order valence-corrected chi connectivity index (χ3v) is 22.6. The topological polar surface area (TPSA) is 72.5 Å². The van der Waals surface area contributed by atoms with Crippen molar-refractivity contribution >= 4 is 5.78 Å². The molecule has 7 nitrogen and oxygen atoms in total. The number of hydrogen-bond acceptors (Lipinski definition) is 7. The fraction of sp³-hybridized carbons (Fsp3) is 0.982. The Morgan fingerprint density at radius 1 is 0.581 bits per heavy atom. The van der Waals surface area contributed by atoms with Crippen LogP contribution in [0, 0.1) is 98.1 Å². The maximum Gasteiger partial charge on any atom is 0.187 e. The molecule has 8 rings (SSSR count). The van der Waals surface area contributed by atoms with Crippen LogP contribution in [0.2, 0.25) is 0 Å². The lowest BCUT2D eigenvalue weighted by Crippen LogP contribution is -2.67. The van der Waals surface area contributed by atoms with Crippen molar-refractivity contribution in [2.75, 3.05) is 6.61 Å². The first-order valence-electron chi connectivity index (χ1n) is 26.4. The van der Waals surface area contributed by atoms with Crippen LogP contribution in [0.4, 0.5) is 0 Å². The van der Waals surface area contributed by atoms with Gasteiger partial charge in [0.15, 0.2) is 18.9 Å². The summed E-state index contributed by atoms with van der Waals surface area (Å²) in [7, 11) is 0. The third kappa shape index (κ3) is 7.60. The number of rotatable bonds is 8. The van der Waals surface area contributed by atoms with E-state index in [-0.39, 0.29) is 76.4 Å². The fourth-order valence-electron chi connectivity index (χ4n) is 17.1. The lowest BCUT2D eigenvalue weighted by Gasteiger charge is -2.73. The lowest BCUT2D eigenvalue weighted by molar-refractivity contribution is -0.374. The molecule has 10 unspecified atom stereocenters. The molecular weight excluding hydrogens is 773 g/mol. The quantitative estimate of drug-likeness (QED) is 0.225. The maximum absolute atomic E-state index is 13.7. The summed E-state index contributed by atoms with van der Waals surface area (Å²) in [4.78, 5) is 13.7. The van der Waals surface area contributed by atoms with E-state index in [2.05, 4.69) is 104 Å². The molecule has 3 saturated heterocycles. The summed E-state index contributed by atoms with van der Waals surface area (Å²) in [5.41, 5.74) is 1.02.